The number of amides is 2. The van der Waals surface area contributed by atoms with Crippen molar-refractivity contribution in [1.29, 1.82) is 0 Å². The van der Waals surface area contributed by atoms with Crippen molar-refractivity contribution in [1.82, 2.24) is 4.90 Å². The van der Waals surface area contributed by atoms with Gasteiger partial charge in [-0.15, -0.1) is 0 Å². The molecule has 0 atom stereocenters. The van der Waals surface area contributed by atoms with Gasteiger partial charge in [-0.25, -0.2) is 4.79 Å². The number of primary amides is 1. The van der Waals surface area contributed by atoms with Crippen molar-refractivity contribution in [3.8, 4) is 0 Å². The van der Waals surface area contributed by atoms with Crippen LogP contribution in [0.3, 0.4) is 0 Å². The van der Waals surface area contributed by atoms with E-state index >= 15 is 0 Å². The minimum absolute atomic E-state index is 0.0715. The maximum Gasteiger partial charge on any atom is 0.314 e. The Balaban J connectivity index is 3.96. The molecule has 4 N–H and O–H groups in total. The SMILES string of the molecule is NC(=O)N(CCC(=O)O)CCC(=O)O. The fraction of sp³-hybridized carbons (Fsp3) is 0.571. The van der Waals surface area contributed by atoms with E-state index in [1.165, 1.54) is 0 Å². The molecule has 7 nitrogen and oxygen atoms in total. The number of rotatable bonds is 6. The standard InChI is InChI=1S/C7H12N2O5/c8-7(14)9(3-1-5(10)11)4-2-6(12)13/h1-4H2,(H2,8,14)(H,10,11)(H,12,13). The molecule has 0 aliphatic heterocycles. The Bertz CT molecular complexity index is 222. The van der Waals surface area contributed by atoms with E-state index in [4.69, 9.17) is 15.9 Å². The Kier molecular flexibility index (Phi) is 5.05. The zero-order valence-electron chi connectivity index (χ0n) is 7.47. The molecule has 0 rings (SSSR count). The van der Waals surface area contributed by atoms with Gasteiger partial charge in [0.25, 0.3) is 0 Å². The van der Waals surface area contributed by atoms with Gasteiger partial charge in [0.15, 0.2) is 0 Å². The van der Waals surface area contributed by atoms with Crippen LogP contribution in [0.2, 0.25) is 0 Å². The summed E-state index contributed by atoms with van der Waals surface area (Å²) in [5, 5.41) is 16.7. The smallest absolute Gasteiger partial charge is 0.314 e. The number of aliphatic carboxylic acids is 2. The van der Waals surface area contributed by atoms with Crippen LogP contribution >= 0.6 is 0 Å². The lowest BCUT2D eigenvalue weighted by molar-refractivity contribution is -0.137. The molecular formula is C7H12N2O5. The molecule has 0 fully saturated rings. The van der Waals surface area contributed by atoms with Gasteiger partial charge in [-0.3, -0.25) is 9.59 Å². The molecule has 0 bridgehead atoms. The summed E-state index contributed by atoms with van der Waals surface area (Å²) >= 11 is 0. The number of nitrogens with zero attached hydrogens (tertiary/aromatic N) is 1. The molecule has 0 aromatic carbocycles. The number of carboxylic acid groups (broad SMARTS) is 2. The van der Waals surface area contributed by atoms with E-state index in [2.05, 4.69) is 0 Å². The second kappa shape index (κ2) is 5.79. The molecule has 0 unspecified atom stereocenters. The number of carbonyl (C=O) groups excluding carboxylic acids is 1. The molecule has 80 valence electrons. The van der Waals surface area contributed by atoms with E-state index in [-0.39, 0.29) is 25.9 Å². The van der Waals surface area contributed by atoms with Crippen LogP contribution in [-0.2, 0) is 9.59 Å². The third-order valence-electron chi connectivity index (χ3n) is 1.50. The molecule has 0 radical (unpaired) electrons. The molecule has 2 amide bonds. The van der Waals surface area contributed by atoms with E-state index in [1.807, 2.05) is 0 Å². The average Bonchev–Trinajstić information content (AvgIpc) is 2.02. The molecular weight excluding hydrogens is 192 g/mol. The summed E-state index contributed by atoms with van der Waals surface area (Å²) in [4.78, 5) is 32.0. The molecule has 0 aliphatic rings. The minimum Gasteiger partial charge on any atom is -0.481 e. The van der Waals surface area contributed by atoms with Crippen molar-refractivity contribution < 1.29 is 24.6 Å². The topological polar surface area (TPSA) is 121 Å². The second-order valence-electron chi connectivity index (χ2n) is 2.61. The first kappa shape index (κ1) is 12.2. The van der Waals surface area contributed by atoms with Crippen LogP contribution in [-0.4, -0.2) is 46.2 Å². The number of urea groups is 1. The molecule has 14 heavy (non-hydrogen) atoms. The number of nitrogens with two attached hydrogens (primary N) is 1. The third kappa shape index (κ3) is 5.81. The molecule has 0 spiro atoms. The maximum absolute atomic E-state index is 10.7. The fourth-order valence-corrected chi connectivity index (χ4v) is 0.793. The Hall–Kier alpha value is -1.79. The summed E-state index contributed by atoms with van der Waals surface area (Å²) in [5.74, 6) is -2.13. The Morgan fingerprint density at radius 2 is 1.36 bits per heavy atom. The van der Waals surface area contributed by atoms with Gasteiger partial charge in [-0.2, -0.15) is 0 Å². The van der Waals surface area contributed by atoms with E-state index in [9.17, 15) is 14.4 Å². The summed E-state index contributed by atoms with van der Waals surface area (Å²) in [6, 6.07) is -0.812. The van der Waals surface area contributed by atoms with Crippen molar-refractivity contribution in [3.05, 3.63) is 0 Å². The Morgan fingerprint density at radius 3 is 1.57 bits per heavy atom. The molecule has 0 saturated heterocycles. The molecule has 0 aromatic rings. The molecule has 0 heterocycles. The van der Waals surface area contributed by atoms with Gasteiger partial charge in [-0.1, -0.05) is 0 Å². The van der Waals surface area contributed by atoms with E-state index in [0.717, 1.165) is 4.90 Å². The van der Waals surface area contributed by atoms with Crippen LogP contribution in [0.15, 0.2) is 0 Å². The highest BCUT2D eigenvalue weighted by atomic mass is 16.4. The average molecular weight is 204 g/mol. The summed E-state index contributed by atoms with van der Waals surface area (Å²) in [6.07, 6.45) is -0.495. The molecule has 0 aliphatic carbocycles. The predicted molar refractivity (Wildman–Crippen MR) is 45.7 cm³/mol. The van der Waals surface area contributed by atoms with Crippen molar-refractivity contribution in [3.63, 3.8) is 0 Å². The number of carboxylic acids is 2. The maximum atomic E-state index is 10.7. The van der Waals surface area contributed by atoms with Crippen LogP contribution in [0, 0.1) is 0 Å². The highest BCUT2D eigenvalue weighted by molar-refractivity contribution is 5.74. The highest BCUT2D eigenvalue weighted by Gasteiger charge is 2.12. The normalized spacial score (nSPS) is 9.43. The molecule has 0 saturated carbocycles. The fourth-order valence-electron chi connectivity index (χ4n) is 0.793. The lowest BCUT2D eigenvalue weighted by atomic mass is 10.3. The highest BCUT2D eigenvalue weighted by Crippen LogP contribution is 1.94. The summed E-state index contributed by atoms with van der Waals surface area (Å²) in [5.41, 5.74) is 4.91. The molecule has 0 aromatic heterocycles. The number of hydrogen-bond acceptors (Lipinski definition) is 3. The number of carbonyl (C=O) groups is 3. The van der Waals surface area contributed by atoms with Crippen LogP contribution in [0.25, 0.3) is 0 Å². The Morgan fingerprint density at radius 1 is 1.00 bits per heavy atom. The zero-order valence-corrected chi connectivity index (χ0v) is 7.47. The first-order valence-electron chi connectivity index (χ1n) is 3.91. The first-order valence-corrected chi connectivity index (χ1v) is 3.91. The lowest BCUT2D eigenvalue weighted by Gasteiger charge is -2.17. The van der Waals surface area contributed by atoms with Gasteiger partial charge in [0.05, 0.1) is 12.8 Å². The van der Waals surface area contributed by atoms with Gasteiger partial charge in [0, 0.05) is 13.1 Å². The predicted octanol–water partition coefficient (Wildman–Crippen LogP) is -0.683. The zero-order chi connectivity index (χ0) is 11.1. The monoisotopic (exact) mass is 204 g/mol. The van der Waals surface area contributed by atoms with Gasteiger partial charge in [0.2, 0.25) is 0 Å². The van der Waals surface area contributed by atoms with E-state index < -0.39 is 18.0 Å². The lowest BCUT2D eigenvalue weighted by Crippen LogP contribution is -2.38. The molecule has 7 heteroatoms. The summed E-state index contributed by atoms with van der Waals surface area (Å²) < 4.78 is 0. The first-order chi connectivity index (χ1) is 6.43. The number of hydrogen-bond donors (Lipinski definition) is 3. The van der Waals surface area contributed by atoms with Crippen LogP contribution in [0.1, 0.15) is 12.8 Å². The Labute approximate surface area is 80.1 Å². The van der Waals surface area contributed by atoms with Crippen LogP contribution in [0.4, 0.5) is 4.79 Å². The van der Waals surface area contributed by atoms with Crippen molar-refractivity contribution in [2.45, 2.75) is 12.8 Å². The largest absolute Gasteiger partial charge is 0.481 e. The quantitative estimate of drug-likeness (QED) is 0.529. The minimum atomic E-state index is -1.06. The summed E-state index contributed by atoms with van der Waals surface area (Å²) in [6.45, 7) is -0.143. The second-order valence-corrected chi connectivity index (χ2v) is 2.61. The van der Waals surface area contributed by atoms with Crippen LogP contribution in [0.5, 0.6) is 0 Å². The summed E-state index contributed by atoms with van der Waals surface area (Å²) in [7, 11) is 0. The van der Waals surface area contributed by atoms with Gasteiger partial charge in [-0.05, 0) is 0 Å². The van der Waals surface area contributed by atoms with Crippen molar-refractivity contribution >= 4 is 18.0 Å². The van der Waals surface area contributed by atoms with Gasteiger partial charge >= 0.3 is 18.0 Å². The van der Waals surface area contributed by atoms with Gasteiger partial charge in [0.1, 0.15) is 0 Å². The van der Waals surface area contributed by atoms with Crippen molar-refractivity contribution in [2.24, 2.45) is 5.73 Å². The van der Waals surface area contributed by atoms with E-state index in [1.54, 1.807) is 0 Å². The van der Waals surface area contributed by atoms with Gasteiger partial charge < -0.3 is 20.8 Å². The third-order valence-corrected chi connectivity index (χ3v) is 1.50. The van der Waals surface area contributed by atoms with Crippen molar-refractivity contribution in [2.75, 3.05) is 13.1 Å². The van der Waals surface area contributed by atoms with Crippen LogP contribution < -0.4 is 5.73 Å². The van der Waals surface area contributed by atoms with E-state index in [0.29, 0.717) is 0 Å².